The predicted molar refractivity (Wildman–Crippen MR) is 82.5 cm³/mol. The van der Waals surface area contributed by atoms with Crippen LogP contribution in [0.1, 0.15) is 36.8 Å². The van der Waals surface area contributed by atoms with Gasteiger partial charge >= 0.3 is 0 Å². The number of carbonyl (C=O) groups excluding carboxylic acids is 1. The Kier molecular flexibility index (Phi) is 5.62. The van der Waals surface area contributed by atoms with E-state index in [0.717, 1.165) is 37.1 Å². The summed E-state index contributed by atoms with van der Waals surface area (Å²) >= 11 is 0. The molecule has 1 amide bonds. The summed E-state index contributed by atoms with van der Waals surface area (Å²) in [6.07, 6.45) is 3.81. The molecule has 0 bridgehead atoms. The van der Waals surface area contributed by atoms with Crippen LogP contribution in [0.15, 0.2) is 18.2 Å². The van der Waals surface area contributed by atoms with Crippen molar-refractivity contribution in [2.24, 2.45) is 0 Å². The second-order valence-corrected chi connectivity index (χ2v) is 5.81. The minimum absolute atomic E-state index is 0.0214. The zero-order valence-electron chi connectivity index (χ0n) is 13.0. The number of aliphatic hydroxyl groups excluding tert-OH is 1. The maximum atomic E-state index is 12.4. The Bertz CT molecular complexity index is 485. The Balaban J connectivity index is 1.93. The molecule has 1 aromatic carbocycles. The summed E-state index contributed by atoms with van der Waals surface area (Å²) in [5, 5.41) is 9.12. The van der Waals surface area contributed by atoms with Gasteiger partial charge in [0.2, 0.25) is 0 Å². The van der Waals surface area contributed by atoms with Gasteiger partial charge in [0.25, 0.3) is 5.91 Å². The van der Waals surface area contributed by atoms with Crippen LogP contribution in [-0.2, 0) is 4.79 Å². The summed E-state index contributed by atoms with van der Waals surface area (Å²) in [6.45, 7) is 5.01. The van der Waals surface area contributed by atoms with E-state index in [4.69, 9.17) is 9.84 Å². The van der Waals surface area contributed by atoms with E-state index >= 15 is 0 Å². The van der Waals surface area contributed by atoms with Crippen LogP contribution in [0.2, 0.25) is 0 Å². The second kappa shape index (κ2) is 7.46. The highest BCUT2D eigenvalue weighted by molar-refractivity contribution is 5.78. The molecule has 1 aromatic rings. The first-order valence-electron chi connectivity index (χ1n) is 7.72. The fourth-order valence-electron chi connectivity index (χ4n) is 2.96. The van der Waals surface area contributed by atoms with E-state index in [9.17, 15) is 4.79 Å². The molecule has 0 aromatic heterocycles. The second-order valence-electron chi connectivity index (χ2n) is 5.81. The van der Waals surface area contributed by atoms with Crippen LogP contribution < -0.4 is 4.74 Å². The van der Waals surface area contributed by atoms with Crippen molar-refractivity contribution in [3.05, 3.63) is 29.3 Å². The Morgan fingerprint density at radius 2 is 2.19 bits per heavy atom. The maximum absolute atomic E-state index is 12.4. The van der Waals surface area contributed by atoms with Crippen LogP contribution in [0.4, 0.5) is 0 Å². The number of benzene rings is 1. The number of carbonyl (C=O) groups is 1. The summed E-state index contributed by atoms with van der Waals surface area (Å²) < 4.78 is 5.68. The molecule has 1 unspecified atom stereocenters. The predicted octanol–water partition coefficient (Wildman–Crippen LogP) is 2.45. The van der Waals surface area contributed by atoms with Crippen molar-refractivity contribution in [3.63, 3.8) is 0 Å². The summed E-state index contributed by atoms with van der Waals surface area (Å²) in [7, 11) is 0. The van der Waals surface area contributed by atoms with Crippen LogP contribution >= 0.6 is 0 Å². The molecule has 0 spiro atoms. The fraction of sp³-hybridized carbons (Fsp3) is 0.588. The molecular weight excluding hydrogens is 266 g/mol. The van der Waals surface area contributed by atoms with Gasteiger partial charge in [0.1, 0.15) is 5.75 Å². The molecule has 21 heavy (non-hydrogen) atoms. The molecule has 0 aliphatic carbocycles. The fourth-order valence-corrected chi connectivity index (χ4v) is 2.96. The molecule has 1 atom stereocenters. The number of rotatable bonds is 5. The lowest BCUT2D eigenvalue weighted by atomic mass is 9.99. The highest BCUT2D eigenvalue weighted by Gasteiger charge is 2.26. The van der Waals surface area contributed by atoms with Gasteiger partial charge in [0, 0.05) is 19.2 Å². The monoisotopic (exact) mass is 291 g/mol. The van der Waals surface area contributed by atoms with E-state index in [0.29, 0.717) is 6.42 Å². The minimum Gasteiger partial charge on any atom is -0.484 e. The van der Waals surface area contributed by atoms with Gasteiger partial charge in [-0.05, 0) is 51.2 Å². The van der Waals surface area contributed by atoms with Crippen molar-refractivity contribution >= 4 is 5.91 Å². The Hall–Kier alpha value is -1.55. The average molecular weight is 291 g/mol. The molecule has 116 valence electrons. The molecule has 2 rings (SSSR count). The van der Waals surface area contributed by atoms with Gasteiger partial charge in [0.15, 0.2) is 6.61 Å². The molecule has 0 saturated carbocycles. The third kappa shape index (κ3) is 4.21. The van der Waals surface area contributed by atoms with Crippen molar-refractivity contribution in [2.45, 2.75) is 45.6 Å². The van der Waals surface area contributed by atoms with Gasteiger partial charge < -0.3 is 14.7 Å². The molecule has 1 fully saturated rings. The largest absolute Gasteiger partial charge is 0.484 e. The first-order valence-corrected chi connectivity index (χ1v) is 7.72. The number of hydrogen-bond donors (Lipinski definition) is 1. The van der Waals surface area contributed by atoms with Gasteiger partial charge in [-0.1, -0.05) is 17.7 Å². The zero-order valence-corrected chi connectivity index (χ0v) is 13.0. The summed E-state index contributed by atoms with van der Waals surface area (Å²) in [5.41, 5.74) is 2.23. The highest BCUT2D eigenvalue weighted by Crippen LogP contribution is 2.21. The molecule has 1 aliphatic rings. The minimum atomic E-state index is 0.0214. The lowest BCUT2D eigenvalue weighted by Crippen LogP contribution is -2.46. The molecule has 4 heteroatoms. The number of likely N-dealkylation sites (tertiary alicyclic amines) is 1. The highest BCUT2D eigenvalue weighted by atomic mass is 16.5. The van der Waals surface area contributed by atoms with E-state index in [1.165, 1.54) is 5.56 Å². The molecule has 4 nitrogen and oxygen atoms in total. The summed E-state index contributed by atoms with van der Waals surface area (Å²) in [4.78, 5) is 14.2. The first-order chi connectivity index (χ1) is 10.1. The molecule has 1 saturated heterocycles. The Labute approximate surface area is 126 Å². The maximum Gasteiger partial charge on any atom is 0.260 e. The number of amides is 1. The number of hydrogen-bond acceptors (Lipinski definition) is 3. The number of piperidine rings is 1. The van der Waals surface area contributed by atoms with Crippen molar-refractivity contribution in [3.8, 4) is 5.75 Å². The third-order valence-electron chi connectivity index (χ3n) is 4.09. The molecule has 1 N–H and O–H groups in total. The van der Waals surface area contributed by atoms with Crippen molar-refractivity contribution < 1.29 is 14.6 Å². The summed E-state index contributed by atoms with van der Waals surface area (Å²) in [6, 6.07) is 6.12. The van der Waals surface area contributed by atoms with Crippen LogP contribution in [0, 0.1) is 13.8 Å². The molecule has 1 heterocycles. The zero-order chi connectivity index (χ0) is 15.2. The molecule has 1 aliphatic heterocycles. The van der Waals surface area contributed by atoms with Gasteiger partial charge in [-0.2, -0.15) is 0 Å². The van der Waals surface area contributed by atoms with Gasteiger partial charge in [-0.15, -0.1) is 0 Å². The van der Waals surface area contributed by atoms with E-state index < -0.39 is 0 Å². The normalized spacial score (nSPS) is 18.6. The molecule has 0 radical (unpaired) electrons. The lowest BCUT2D eigenvalue weighted by Gasteiger charge is -2.35. The summed E-state index contributed by atoms with van der Waals surface area (Å²) in [5.74, 6) is 0.790. The quantitative estimate of drug-likeness (QED) is 0.906. The Morgan fingerprint density at radius 1 is 1.38 bits per heavy atom. The molecular formula is C17H25NO3. The van der Waals surface area contributed by atoms with E-state index in [1.807, 2.05) is 30.9 Å². The van der Waals surface area contributed by atoms with E-state index in [1.54, 1.807) is 0 Å². The number of ether oxygens (including phenoxy) is 1. The van der Waals surface area contributed by atoms with Crippen molar-refractivity contribution in [1.29, 1.82) is 0 Å². The first kappa shape index (κ1) is 15.8. The van der Waals surface area contributed by atoms with E-state index in [-0.39, 0.29) is 25.2 Å². The topological polar surface area (TPSA) is 49.8 Å². The van der Waals surface area contributed by atoms with Gasteiger partial charge in [0.05, 0.1) is 0 Å². The van der Waals surface area contributed by atoms with Gasteiger partial charge in [-0.3, -0.25) is 4.79 Å². The van der Waals surface area contributed by atoms with Crippen molar-refractivity contribution in [2.75, 3.05) is 19.8 Å². The Morgan fingerprint density at radius 3 is 2.90 bits per heavy atom. The van der Waals surface area contributed by atoms with Crippen LogP contribution in [0.25, 0.3) is 0 Å². The van der Waals surface area contributed by atoms with Crippen LogP contribution in [-0.4, -0.2) is 41.7 Å². The van der Waals surface area contributed by atoms with Crippen molar-refractivity contribution in [1.82, 2.24) is 4.90 Å². The average Bonchev–Trinajstić information content (AvgIpc) is 2.47. The third-order valence-corrected chi connectivity index (χ3v) is 4.09. The lowest BCUT2D eigenvalue weighted by molar-refractivity contribution is -0.137. The van der Waals surface area contributed by atoms with Gasteiger partial charge in [-0.25, -0.2) is 0 Å². The number of aryl methyl sites for hydroxylation is 2. The number of nitrogens with zero attached hydrogens (tertiary/aromatic N) is 1. The smallest absolute Gasteiger partial charge is 0.260 e. The standard InChI is InChI=1S/C17H25NO3/c1-13-6-7-16(14(2)11-13)21-12-17(20)18-9-4-3-5-15(18)8-10-19/h6-7,11,15,19H,3-5,8-10,12H2,1-2H3. The van der Waals surface area contributed by atoms with Crippen LogP contribution in [0.3, 0.4) is 0 Å². The van der Waals surface area contributed by atoms with E-state index in [2.05, 4.69) is 6.07 Å². The van der Waals surface area contributed by atoms with Crippen LogP contribution in [0.5, 0.6) is 5.75 Å². The SMILES string of the molecule is Cc1ccc(OCC(=O)N2CCCCC2CCO)c(C)c1. The number of aliphatic hydroxyl groups is 1.